The van der Waals surface area contributed by atoms with Crippen LogP contribution in [0.1, 0.15) is 27.7 Å². The average molecular weight is 336 g/mol. The number of aromatic nitrogens is 4. The summed E-state index contributed by atoms with van der Waals surface area (Å²) in [5, 5.41) is 25.4. The minimum absolute atomic E-state index is 0.191. The highest BCUT2D eigenvalue weighted by molar-refractivity contribution is 6.22. The number of nitrogens with zero attached hydrogens (tertiary/aromatic N) is 5. The number of Topliss-reactive ketones (excluding diaryl/α,β-unsaturated/α-hetero) is 1. The Morgan fingerprint density at radius 1 is 1.20 bits per heavy atom. The van der Waals surface area contributed by atoms with Crippen molar-refractivity contribution in [2.45, 2.75) is 6.04 Å². The number of hydrogen-bond acceptors (Lipinski definition) is 8. The smallest absolute Gasteiger partial charge is 0.403 e. The van der Waals surface area contributed by atoms with E-state index in [1.807, 2.05) is 12.1 Å². The lowest BCUT2D eigenvalue weighted by Crippen LogP contribution is -2.25. The van der Waals surface area contributed by atoms with E-state index in [1.165, 1.54) is 16.8 Å². The van der Waals surface area contributed by atoms with Crippen LogP contribution in [0.15, 0.2) is 46.4 Å². The summed E-state index contributed by atoms with van der Waals surface area (Å²) in [6, 6.07) is 9.08. The maximum absolute atomic E-state index is 12.9. The molecule has 1 aliphatic heterocycles. The van der Waals surface area contributed by atoms with E-state index >= 15 is 0 Å². The minimum atomic E-state index is -0.783. The first kappa shape index (κ1) is 13.6. The minimum Gasteiger partial charge on any atom is -0.403 e. The number of allylic oxidation sites excluding steroid dienone is 1. The van der Waals surface area contributed by atoms with Gasteiger partial charge in [-0.25, -0.2) is 0 Å². The topological polar surface area (TPSA) is 129 Å². The second kappa shape index (κ2) is 4.60. The molecule has 1 aliphatic carbocycles. The SMILES string of the molecule is O=C1C2=C(Nc3nnnn3[C@H]2c2ccc([N+](=O)[O-])o2)c2ccccc21. The van der Waals surface area contributed by atoms with Gasteiger partial charge in [0.1, 0.15) is 16.7 Å². The van der Waals surface area contributed by atoms with Crippen LogP contribution in [-0.4, -0.2) is 30.9 Å². The summed E-state index contributed by atoms with van der Waals surface area (Å²) in [5.74, 6) is -0.0562. The molecule has 0 radical (unpaired) electrons. The fraction of sp³-hybridized carbons (Fsp3) is 0.0667. The Morgan fingerprint density at radius 3 is 2.76 bits per heavy atom. The first-order valence-electron chi connectivity index (χ1n) is 7.32. The number of carbonyl (C=O) groups excluding carboxylic acids is 1. The molecule has 10 heteroatoms. The van der Waals surface area contributed by atoms with Crippen LogP contribution < -0.4 is 5.32 Å². The molecule has 122 valence electrons. The summed E-state index contributed by atoms with van der Waals surface area (Å²) in [4.78, 5) is 23.2. The molecule has 25 heavy (non-hydrogen) atoms. The Hall–Kier alpha value is -3.82. The summed E-state index contributed by atoms with van der Waals surface area (Å²) < 4.78 is 6.72. The van der Waals surface area contributed by atoms with Crippen molar-refractivity contribution in [2.24, 2.45) is 0 Å². The van der Waals surface area contributed by atoms with Crippen LogP contribution in [0.5, 0.6) is 0 Å². The highest BCUT2D eigenvalue weighted by atomic mass is 16.6. The highest BCUT2D eigenvalue weighted by Gasteiger charge is 2.43. The molecule has 0 unspecified atom stereocenters. The Kier molecular flexibility index (Phi) is 2.50. The van der Waals surface area contributed by atoms with Gasteiger partial charge in [0.05, 0.1) is 17.3 Å². The summed E-state index contributed by atoms with van der Waals surface area (Å²) in [6.45, 7) is 0. The van der Waals surface area contributed by atoms with Crippen LogP contribution in [0.4, 0.5) is 11.8 Å². The number of carbonyl (C=O) groups is 1. The highest BCUT2D eigenvalue weighted by Crippen LogP contribution is 2.45. The predicted molar refractivity (Wildman–Crippen MR) is 82.6 cm³/mol. The summed E-state index contributed by atoms with van der Waals surface area (Å²) in [6.07, 6.45) is 0. The molecular weight excluding hydrogens is 328 g/mol. The standard InChI is InChI=1S/C15H8N6O4/c22-14-8-4-2-1-3-7(8)12-11(14)13(20-15(16-12)17-18-19-20)9-5-6-10(25-9)21(23)24/h1-6,13H,(H,16,17,19)/t13-/m0/s1. The Balaban J connectivity index is 1.74. The van der Waals surface area contributed by atoms with Crippen molar-refractivity contribution in [1.29, 1.82) is 0 Å². The number of anilines is 1. The predicted octanol–water partition coefficient (Wildman–Crippen LogP) is 1.80. The van der Waals surface area contributed by atoms with Crippen LogP contribution in [0.3, 0.4) is 0 Å². The van der Waals surface area contributed by atoms with Gasteiger partial charge in [-0.05, 0) is 16.5 Å². The van der Waals surface area contributed by atoms with E-state index in [4.69, 9.17) is 4.42 Å². The van der Waals surface area contributed by atoms with Gasteiger partial charge in [-0.3, -0.25) is 14.9 Å². The fourth-order valence-electron chi connectivity index (χ4n) is 3.23. The third-order valence-electron chi connectivity index (χ3n) is 4.26. The molecule has 0 saturated carbocycles. The van der Waals surface area contributed by atoms with E-state index in [1.54, 1.807) is 12.1 Å². The van der Waals surface area contributed by atoms with Gasteiger partial charge < -0.3 is 9.73 Å². The van der Waals surface area contributed by atoms with E-state index < -0.39 is 16.8 Å². The Labute approximate surface area is 138 Å². The molecule has 0 fully saturated rings. The quantitative estimate of drug-likeness (QED) is 0.554. The number of fused-ring (bicyclic) bond motifs is 3. The van der Waals surface area contributed by atoms with Gasteiger partial charge in [-0.2, -0.15) is 4.68 Å². The van der Waals surface area contributed by atoms with Crippen molar-refractivity contribution in [3.8, 4) is 0 Å². The molecule has 3 heterocycles. The summed E-state index contributed by atoms with van der Waals surface area (Å²) in [7, 11) is 0. The summed E-state index contributed by atoms with van der Waals surface area (Å²) in [5.41, 5.74) is 2.27. The Bertz CT molecular complexity index is 1090. The number of rotatable bonds is 2. The molecule has 0 bridgehead atoms. The van der Waals surface area contributed by atoms with Gasteiger partial charge in [-0.1, -0.05) is 29.4 Å². The number of furan rings is 1. The number of ketones is 1. The molecule has 2 aromatic heterocycles. The van der Waals surface area contributed by atoms with Crippen LogP contribution in [0, 0.1) is 10.1 Å². The van der Waals surface area contributed by atoms with Gasteiger partial charge in [0.15, 0.2) is 5.78 Å². The molecule has 0 spiro atoms. The zero-order chi connectivity index (χ0) is 17.1. The number of nitrogens with one attached hydrogen (secondary N) is 1. The average Bonchev–Trinajstić information content (AvgIpc) is 3.33. The molecule has 1 atom stereocenters. The lowest BCUT2D eigenvalue weighted by atomic mass is 9.99. The third kappa shape index (κ3) is 1.73. The van der Waals surface area contributed by atoms with Crippen LogP contribution in [-0.2, 0) is 0 Å². The second-order valence-corrected chi connectivity index (χ2v) is 5.57. The molecule has 0 amide bonds. The van der Waals surface area contributed by atoms with Crippen molar-refractivity contribution in [3.05, 3.63) is 69.0 Å². The first-order valence-corrected chi connectivity index (χ1v) is 7.32. The van der Waals surface area contributed by atoms with Crippen LogP contribution in [0.2, 0.25) is 0 Å². The molecular formula is C15H8N6O4. The Morgan fingerprint density at radius 2 is 2.00 bits per heavy atom. The maximum Gasteiger partial charge on any atom is 0.433 e. The molecule has 5 rings (SSSR count). The van der Waals surface area contributed by atoms with E-state index in [-0.39, 0.29) is 11.5 Å². The van der Waals surface area contributed by atoms with Crippen molar-refractivity contribution >= 4 is 23.3 Å². The number of tetrazole rings is 1. The molecule has 0 saturated heterocycles. The normalized spacial score (nSPS) is 17.8. The molecule has 1 aromatic carbocycles. The molecule has 10 nitrogen and oxygen atoms in total. The van der Waals surface area contributed by atoms with Crippen LogP contribution >= 0.6 is 0 Å². The van der Waals surface area contributed by atoms with Gasteiger partial charge in [0.25, 0.3) is 0 Å². The lowest BCUT2D eigenvalue weighted by Gasteiger charge is -2.23. The van der Waals surface area contributed by atoms with Gasteiger partial charge in [0, 0.05) is 11.1 Å². The van der Waals surface area contributed by atoms with Gasteiger partial charge in [-0.15, -0.1) is 0 Å². The second-order valence-electron chi connectivity index (χ2n) is 5.57. The van der Waals surface area contributed by atoms with E-state index in [0.717, 1.165) is 5.56 Å². The molecule has 1 N–H and O–H groups in total. The van der Waals surface area contributed by atoms with Crippen LogP contribution in [0.25, 0.3) is 5.70 Å². The van der Waals surface area contributed by atoms with Crippen molar-refractivity contribution in [1.82, 2.24) is 20.2 Å². The van der Waals surface area contributed by atoms with Crippen molar-refractivity contribution in [2.75, 3.05) is 5.32 Å². The number of nitro groups is 1. The molecule has 2 aliphatic rings. The maximum atomic E-state index is 12.9. The summed E-state index contributed by atoms with van der Waals surface area (Å²) >= 11 is 0. The van der Waals surface area contributed by atoms with Gasteiger partial charge >= 0.3 is 5.88 Å². The first-order chi connectivity index (χ1) is 12.1. The lowest BCUT2D eigenvalue weighted by molar-refractivity contribution is -0.402. The van der Waals surface area contributed by atoms with E-state index in [0.29, 0.717) is 22.8 Å². The number of benzene rings is 1. The van der Waals surface area contributed by atoms with Crippen molar-refractivity contribution < 1.29 is 14.1 Å². The van der Waals surface area contributed by atoms with Gasteiger partial charge in [0.2, 0.25) is 5.95 Å². The largest absolute Gasteiger partial charge is 0.433 e. The fourth-order valence-corrected chi connectivity index (χ4v) is 3.23. The zero-order valence-corrected chi connectivity index (χ0v) is 12.4. The molecule has 3 aromatic rings. The van der Waals surface area contributed by atoms with Crippen molar-refractivity contribution in [3.63, 3.8) is 0 Å². The monoisotopic (exact) mass is 336 g/mol. The zero-order valence-electron chi connectivity index (χ0n) is 12.4. The van der Waals surface area contributed by atoms with E-state index in [9.17, 15) is 14.9 Å². The van der Waals surface area contributed by atoms with E-state index in [2.05, 4.69) is 20.8 Å². The number of hydrogen-bond donors (Lipinski definition) is 1. The third-order valence-corrected chi connectivity index (χ3v) is 4.26.